The molecule has 0 radical (unpaired) electrons. The van der Waals surface area contributed by atoms with Crippen molar-refractivity contribution in [2.24, 2.45) is 5.92 Å². The first-order valence-corrected chi connectivity index (χ1v) is 11.5. The van der Waals surface area contributed by atoms with Crippen LogP contribution < -0.4 is 0 Å². The molecule has 0 unspecified atom stereocenters. The number of hydrogen-bond acceptors (Lipinski definition) is 3. The van der Waals surface area contributed by atoms with Gasteiger partial charge in [0.15, 0.2) is 0 Å². The molecule has 1 aliphatic carbocycles. The van der Waals surface area contributed by atoms with E-state index in [0.29, 0.717) is 17.0 Å². The molecule has 4 nitrogen and oxygen atoms in total. The van der Waals surface area contributed by atoms with E-state index in [1.807, 2.05) is 12.1 Å². The molecule has 1 aliphatic heterocycles. The van der Waals surface area contributed by atoms with Gasteiger partial charge < -0.3 is 14.7 Å². The molecule has 1 saturated heterocycles. The molecule has 2 aliphatic rings. The summed E-state index contributed by atoms with van der Waals surface area (Å²) in [7, 11) is 0. The number of carbonyl (C=O) groups is 1. The molecule has 7 heteroatoms. The Morgan fingerprint density at radius 3 is 2.62 bits per heavy atom. The van der Waals surface area contributed by atoms with Gasteiger partial charge in [0.05, 0.1) is 23.7 Å². The van der Waals surface area contributed by atoms with Crippen LogP contribution in [0.1, 0.15) is 49.5 Å². The highest BCUT2D eigenvalue weighted by molar-refractivity contribution is 6.31. The number of benzene rings is 2. The van der Waals surface area contributed by atoms with Crippen molar-refractivity contribution >= 4 is 29.1 Å². The number of rotatable bonds is 7. The van der Waals surface area contributed by atoms with Crippen molar-refractivity contribution in [3.63, 3.8) is 0 Å². The first-order chi connectivity index (χ1) is 15.3. The van der Waals surface area contributed by atoms with E-state index >= 15 is 0 Å². The Morgan fingerprint density at radius 1 is 1.28 bits per heavy atom. The normalized spacial score (nSPS) is 26.8. The van der Waals surface area contributed by atoms with Crippen molar-refractivity contribution in [3.8, 4) is 0 Å². The van der Waals surface area contributed by atoms with Crippen LogP contribution in [0.2, 0.25) is 10.0 Å². The summed E-state index contributed by atoms with van der Waals surface area (Å²) in [5.74, 6) is -0.635. The Morgan fingerprint density at radius 2 is 2.03 bits per heavy atom. The van der Waals surface area contributed by atoms with Crippen LogP contribution in [0.25, 0.3) is 0 Å². The fourth-order valence-electron chi connectivity index (χ4n) is 4.62. The SMILES string of the molecule is C=CC[C@@]1(C)O[C@H](c2cccc(Cl)c2)[C@@H](c2ccc(Cl)c(F)c2)N([C@H](CO)C2CC2)C1=O. The van der Waals surface area contributed by atoms with E-state index in [-0.39, 0.29) is 23.5 Å². The van der Waals surface area contributed by atoms with E-state index < -0.39 is 29.6 Å². The smallest absolute Gasteiger partial charge is 0.255 e. The molecule has 1 N–H and O–H groups in total. The Kier molecular flexibility index (Phi) is 6.64. The van der Waals surface area contributed by atoms with Crippen molar-refractivity contribution in [2.45, 2.75) is 50.0 Å². The highest BCUT2D eigenvalue weighted by atomic mass is 35.5. The number of ether oxygens (including phenoxy) is 1. The average molecular weight is 478 g/mol. The van der Waals surface area contributed by atoms with Crippen LogP contribution in [0.15, 0.2) is 55.1 Å². The van der Waals surface area contributed by atoms with Crippen LogP contribution in [-0.4, -0.2) is 34.2 Å². The number of hydrogen-bond donors (Lipinski definition) is 1. The zero-order valence-corrected chi connectivity index (χ0v) is 19.3. The van der Waals surface area contributed by atoms with Gasteiger partial charge in [0.1, 0.15) is 17.5 Å². The van der Waals surface area contributed by atoms with E-state index in [4.69, 9.17) is 27.9 Å². The molecule has 2 aromatic rings. The number of aliphatic hydroxyl groups is 1. The summed E-state index contributed by atoms with van der Waals surface area (Å²) < 4.78 is 21.0. The van der Waals surface area contributed by atoms with E-state index in [0.717, 1.165) is 18.4 Å². The van der Waals surface area contributed by atoms with Crippen molar-refractivity contribution in [3.05, 3.63) is 82.1 Å². The number of morpholine rings is 1. The summed E-state index contributed by atoms with van der Waals surface area (Å²) in [5.41, 5.74) is 0.126. The van der Waals surface area contributed by atoms with Gasteiger partial charge in [-0.2, -0.15) is 0 Å². The minimum absolute atomic E-state index is 0.0000525. The standard InChI is InChI=1S/C25H26Cl2FNO3/c1-3-11-25(2)24(31)29(21(14-30)15-7-8-15)22(16-9-10-19(27)20(28)13-16)23(32-25)17-5-4-6-18(26)12-17/h3-6,9-10,12-13,15,21-23,30H,1,7-8,11,14H2,2H3/t21-,22-,23-,25-/m1/s1. The van der Waals surface area contributed by atoms with E-state index in [9.17, 15) is 14.3 Å². The summed E-state index contributed by atoms with van der Waals surface area (Å²) in [6, 6.07) is 10.7. The highest BCUT2D eigenvalue weighted by Gasteiger charge is 2.54. The van der Waals surface area contributed by atoms with Crippen molar-refractivity contribution in [1.29, 1.82) is 0 Å². The summed E-state index contributed by atoms with van der Waals surface area (Å²) in [4.78, 5) is 15.6. The van der Waals surface area contributed by atoms with E-state index in [1.165, 1.54) is 12.1 Å². The first kappa shape index (κ1) is 23.2. The quantitative estimate of drug-likeness (QED) is 0.506. The van der Waals surface area contributed by atoms with Crippen LogP contribution in [0, 0.1) is 11.7 Å². The highest BCUT2D eigenvalue weighted by Crippen LogP contribution is 2.50. The van der Waals surface area contributed by atoms with Crippen molar-refractivity contribution < 1.29 is 19.0 Å². The zero-order chi connectivity index (χ0) is 23.0. The first-order valence-electron chi connectivity index (χ1n) is 10.7. The fourth-order valence-corrected chi connectivity index (χ4v) is 4.94. The largest absolute Gasteiger partial charge is 0.394 e. The summed E-state index contributed by atoms with van der Waals surface area (Å²) >= 11 is 12.2. The Bertz CT molecular complexity index is 1030. The number of nitrogens with zero attached hydrogens (tertiary/aromatic N) is 1. The second-order valence-corrected chi connectivity index (χ2v) is 9.58. The zero-order valence-electron chi connectivity index (χ0n) is 17.8. The second kappa shape index (κ2) is 9.14. The van der Waals surface area contributed by atoms with Crippen LogP contribution >= 0.6 is 23.2 Å². The molecular formula is C25H26Cl2FNO3. The van der Waals surface area contributed by atoms with E-state index in [2.05, 4.69) is 6.58 Å². The van der Waals surface area contributed by atoms with Crippen molar-refractivity contribution in [2.75, 3.05) is 6.61 Å². The number of amides is 1. The molecule has 170 valence electrons. The predicted octanol–water partition coefficient (Wildman–Crippen LogP) is 5.88. The van der Waals surface area contributed by atoms with Gasteiger partial charge in [-0.25, -0.2) is 4.39 Å². The minimum atomic E-state index is -1.18. The molecule has 0 aromatic heterocycles. The lowest BCUT2D eigenvalue weighted by atomic mass is 9.85. The van der Waals surface area contributed by atoms with Crippen LogP contribution in [-0.2, 0) is 9.53 Å². The Labute approximate surface area is 197 Å². The third-order valence-electron chi connectivity index (χ3n) is 6.37. The molecule has 2 fully saturated rings. The number of aliphatic hydroxyl groups excluding tert-OH is 1. The monoisotopic (exact) mass is 477 g/mol. The second-order valence-electron chi connectivity index (χ2n) is 8.74. The third-order valence-corrected chi connectivity index (χ3v) is 6.91. The van der Waals surface area contributed by atoms with Gasteiger partial charge in [0.2, 0.25) is 0 Å². The van der Waals surface area contributed by atoms with Gasteiger partial charge in [-0.15, -0.1) is 6.58 Å². The predicted molar refractivity (Wildman–Crippen MR) is 123 cm³/mol. The van der Waals surface area contributed by atoms with Gasteiger partial charge in [0.25, 0.3) is 5.91 Å². The molecule has 1 saturated carbocycles. The molecule has 4 atom stereocenters. The Balaban J connectivity index is 1.91. The molecule has 1 heterocycles. The molecular weight excluding hydrogens is 452 g/mol. The number of carbonyl (C=O) groups excluding carboxylic acids is 1. The van der Waals surface area contributed by atoms with Gasteiger partial charge in [-0.05, 0) is 61.1 Å². The maximum atomic E-state index is 14.5. The average Bonchev–Trinajstić information content (AvgIpc) is 3.59. The van der Waals surface area contributed by atoms with Crippen LogP contribution in [0.5, 0.6) is 0 Å². The molecule has 1 amide bonds. The lowest BCUT2D eigenvalue weighted by molar-refractivity contribution is -0.204. The van der Waals surface area contributed by atoms with E-state index in [1.54, 1.807) is 36.1 Å². The minimum Gasteiger partial charge on any atom is -0.394 e. The topological polar surface area (TPSA) is 49.8 Å². The Hall–Kier alpha value is -1.92. The van der Waals surface area contributed by atoms with Crippen LogP contribution in [0.3, 0.4) is 0 Å². The van der Waals surface area contributed by atoms with Crippen LogP contribution in [0.4, 0.5) is 4.39 Å². The van der Waals surface area contributed by atoms with Crippen molar-refractivity contribution in [1.82, 2.24) is 4.90 Å². The summed E-state index contributed by atoms with van der Waals surface area (Å²) in [6.07, 6.45) is 3.17. The molecule has 0 bridgehead atoms. The number of halogens is 3. The third kappa shape index (κ3) is 4.32. The van der Waals surface area contributed by atoms with Gasteiger partial charge in [-0.1, -0.05) is 47.5 Å². The summed E-state index contributed by atoms with van der Waals surface area (Å²) in [5, 5.41) is 10.8. The molecule has 2 aromatic carbocycles. The van der Waals surface area contributed by atoms with Gasteiger partial charge >= 0.3 is 0 Å². The maximum Gasteiger partial charge on any atom is 0.255 e. The summed E-state index contributed by atoms with van der Waals surface area (Å²) in [6.45, 7) is 5.35. The molecule has 0 spiro atoms. The van der Waals surface area contributed by atoms with Gasteiger partial charge in [-0.3, -0.25) is 4.79 Å². The molecule has 32 heavy (non-hydrogen) atoms. The van der Waals surface area contributed by atoms with Gasteiger partial charge in [0, 0.05) is 11.4 Å². The fraction of sp³-hybridized carbons (Fsp3) is 0.400. The molecule has 4 rings (SSSR count). The maximum absolute atomic E-state index is 14.5. The lowest BCUT2D eigenvalue weighted by Gasteiger charge is -2.51. The lowest BCUT2D eigenvalue weighted by Crippen LogP contribution is -2.61.